The van der Waals surface area contributed by atoms with Crippen LogP contribution in [0.4, 0.5) is 5.69 Å². The number of rotatable bonds is 3. The summed E-state index contributed by atoms with van der Waals surface area (Å²) >= 11 is 0. The van der Waals surface area contributed by atoms with Crippen molar-refractivity contribution in [3.63, 3.8) is 0 Å². The second-order valence-electron chi connectivity index (χ2n) is 5.07. The molecule has 1 N–H and O–H groups in total. The van der Waals surface area contributed by atoms with Gasteiger partial charge in [0, 0.05) is 43.8 Å². The Hall–Kier alpha value is -2.44. The second kappa shape index (κ2) is 6.34. The van der Waals surface area contributed by atoms with Crippen molar-refractivity contribution in [1.82, 2.24) is 10.2 Å². The molecule has 2 rings (SSSR count). The van der Waals surface area contributed by atoms with Gasteiger partial charge < -0.3 is 10.2 Å². The minimum atomic E-state index is -0.493. The molecule has 0 bridgehead atoms. The second-order valence-corrected chi connectivity index (χ2v) is 5.07. The molecule has 0 aliphatic carbocycles. The average molecular weight is 291 g/mol. The number of nitro groups is 1. The van der Waals surface area contributed by atoms with E-state index in [-0.39, 0.29) is 23.5 Å². The van der Waals surface area contributed by atoms with Crippen LogP contribution in [0, 0.1) is 10.1 Å². The van der Waals surface area contributed by atoms with Gasteiger partial charge in [-0.1, -0.05) is 0 Å². The number of hydrogen-bond donors (Lipinski definition) is 1. The Kier molecular flexibility index (Phi) is 4.52. The number of nitro benzene ring substituents is 1. The van der Waals surface area contributed by atoms with Crippen LogP contribution in [0.1, 0.15) is 30.1 Å². The third-order valence-electron chi connectivity index (χ3n) is 3.51. The van der Waals surface area contributed by atoms with E-state index in [1.54, 1.807) is 4.90 Å². The lowest BCUT2D eigenvalue weighted by atomic mass is 10.0. The summed E-state index contributed by atoms with van der Waals surface area (Å²) in [5, 5.41) is 13.4. The quantitative estimate of drug-likeness (QED) is 0.671. The molecule has 0 aromatic heterocycles. The fraction of sp³-hybridized carbons (Fsp3) is 0.429. The first-order valence-corrected chi connectivity index (χ1v) is 6.78. The number of hydrogen-bond acceptors (Lipinski definition) is 4. The molecule has 0 atom stereocenters. The Morgan fingerprint density at radius 1 is 1.24 bits per heavy atom. The average Bonchev–Trinajstić information content (AvgIpc) is 2.47. The third-order valence-corrected chi connectivity index (χ3v) is 3.51. The molecule has 21 heavy (non-hydrogen) atoms. The number of non-ortho nitro benzene ring substituents is 1. The van der Waals surface area contributed by atoms with Crippen LogP contribution in [0.25, 0.3) is 0 Å². The molecule has 0 unspecified atom stereocenters. The molecule has 1 saturated heterocycles. The molecular weight excluding hydrogens is 274 g/mol. The molecule has 1 aromatic carbocycles. The van der Waals surface area contributed by atoms with E-state index in [0.29, 0.717) is 18.7 Å². The minimum Gasteiger partial charge on any atom is -0.353 e. The van der Waals surface area contributed by atoms with Gasteiger partial charge in [0.15, 0.2) is 0 Å². The molecule has 7 nitrogen and oxygen atoms in total. The van der Waals surface area contributed by atoms with Gasteiger partial charge in [0.05, 0.1) is 4.92 Å². The van der Waals surface area contributed by atoms with Crippen molar-refractivity contribution in [3.8, 4) is 0 Å². The molecule has 0 saturated carbocycles. The maximum atomic E-state index is 12.3. The summed E-state index contributed by atoms with van der Waals surface area (Å²) < 4.78 is 0. The van der Waals surface area contributed by atoms with Crippen molar-refractivity contribution < 1.29 is 14.5 Å². The zero-order valence-corrected chi connectivity index (χ0v) is 11.7. The molecular formula is C14H17N3O4. The Bertz CT molecular complexity index is 548. The number of amides is 2. The molecule has 1 heterocycles. The van der Waals surface area contributed by atoms with Crippen molar-refractivity contribution in [1.29, 1.82) is 0 Å². The highest BCUT2D eigenvalue weighted by molar-refractivity contribution is 5.94. The van der Waals surface area contributed by atoms with Crippen molar-refractivity contribution >= 4 is 17.5 Å². The van der Waals surface area contributed by atoms with E-state index in [1.807, 2.05) is 0 Å². The van der Waals surface area contributed by atoms with Gasteiger partial charge in [0.25, 0.3) is 11.6 Å². The Morgan fingerprint density at radius 3 is 2.29 bits per heavy atom. The number of carbonyl (C=O) groups is 2. The summed E-state index contributed by atoms with van der Waals surface area (Å²) in [6.45, 7) is 2.62. The van der Waals surface area contributed by atoms with Crippen LogP contribution in [0.3, 0.4) is 0 Å². The highest BCUT2D eigenvalue weighted by atomic mass is 16.6. The fourth-order valence-electron chi connectivity index (χ4n) is 2.42. The topological polar surface area (TPSA) is 92.6 Å². The highest BCUT2D eigenvalue weighted by Gasteiger charge is 2.24. The SMILES string of the molecule is CC(=O)NC1CCN(C(=O)c2ccc([N+](=O)[O-])cc2)CC1. The monoisotopic (exact) mass is 291 g/mol. The van der Waals surface area contributed by atoms with Gasteiger partial charge in [-0.05, 0) is 25.0 Å². The number of piperidine rings is 1. The number of likely N-dealkylation sites (tertiary alicyclic amines) is 1. The first kappa shape index (κ1) is 15.0. The van der Waals surface area contributed by atoms with Crippen LogP contribution < -0.4 is 5.32 Å². The van der Waals surface area contributed by atoms with E-state index >= 15 is 0 Å². The number of nitrogens with one attached hydrogen (secondary N) is 1. The molecule has 1 aliphatic heterocycles. The standard InChI is InChI=1S/C14H17N3O4/c1-10(18)15-12-6-8-16(9-7-12)14(19)11-2-4-13(5-3-11)17(20)21/h2-5,12H,6-9H2,1H3,(H,15,18). The molecule has 1 aliphatic rings. The minimum absolute atomic E-state index is 0.0316. The zero-order valence-electron chi connectivity index (χ0n) is 11.7. The summed E-state index contributed by atoms with van der Waals surface area (Å²) in [5.41, 5.74) is 0.412. The molecule has 0 radical (unpaired) electrons. The molecule has 2 amide bonds. The summed E-state index contributed by atoms with van der Waals surface area (Å²) in [6, 6.07) is 5.72. The van der Waals surface area contributed by atoms with Crippen LogP contribution >= 0.6 is 0 Å². The lowest BCUT2D eigenvalue weighted by Crippen LogP contribution is -2.46. The van der Waals surface area contributed by atoms with Crippen LogP contribution in [0.5, 0.6) is 0 Å². The van der Waals surface area contributed by atoms with E-state index in [9.17, 15) is 19.7 Å². The van der Waals surface area contributed by atoms with Gasteiger partial charge in [0.2, 0.25) is 5.91 Å². The van der Waals surface area contributed by atoms with Crippen molar-refractivity contribution in [2.45, 2.75) is 25.8 Å². The number of carbonyl (C=O) groups excluding carboxylic acids is 2. The maximum absolute atomic E-state index is 12.3. The molecule has 1 fully saturated rings. The van der Waals surface area contributed by atoms with Gasteiger partial charge in [-0.25, -0.2) is 0 Å². The summed E-state index contributed by atoms with van der Waals surface area (Å²) in [7, 11) is 0. The van der Waals surface area contributed by atoms with E-state index in [2.05, 4.69) is 5.32 Å². The lowest BCUT2D eigenvalue weighted by molar-refractivity contribution is -0.384. The van der Waals surface area contributed by atoms with Crippen LogP contribution in [-0.2, 0) is 4.79 Å². The fourth-order valence-corrected chi connectivity index (χ4v) is 2.42. The largest absolute Gasteiger partial charge is 0.353 e. The van der Waals surface area contributed by atoms with Crippen LogP contribution in [0.15, 0.2) is 24.3 Å². The van der Waals surface area contributed by atoms with Crippen molar-refractivity contribution in [2.24, 2.45) is 0 Å². The molecule has 1 aromatic rings. The van der Waals surface area contributed by atoms with Crippen molar-refractivity contribution in [2.75, 3.05) is 13.1 Å². The molecule has 7 heteroatoms. The van der Waals surface area contributed by atoms with Crippen LogP contribution in [-0.4, -0.2) is 40.8 Å². The summed E-state index contributed by atoms with van der Waals surface area (Å²) in [5.74, 6) is -0.193. The number of nitrogens with zero attached hydrogens (tertiary/aromatic N) is 2. The van der Waals surface area contributed by atoms with E-state index in [4.69, 9.17) is 0 Å². The Morgan fingerprint density at radius 2 is 1.81 bits per heavy atom. The normalized spacial score (nSPS) is 15.6. The smallest absolute Gasteiger partial charge is 0.269 e. The summed E-state index contributed by atoms with van der Waals surface area (Å²) in [4.78, 5) is 35.1. The van der Waals surface area contributed by atoms with Gasteiger partial charge in [-0.15, -0.1) is 0 Å². The number of benzene rings is 1. The third kappa shape index (κ3) is 3.77. The molecule has 0 spiro atoms. The first-order valence-electron chi connectivity index (χ1n) is 6.78. The van der Waals surface area contributed by atoms with Gasteiger partial charge >= 0.3 is 0 Å². The van der Waals surface area contributed by atoms with Gasteiger partial charge in [-0.3, -0.25) is 19.7 Å². The highest BCUT2D eigenvalue weighted by Crippen LogP contribution is 2.17. The molecule has 112 valence electrons. The van der Waals surface area contributed by atoms with E-state index < -0.39 is 4.92 Å². The predicted octanol–water partition coefficient (Wildman–Crippen LogP) is 1.34. The van der Waals surface area contributed by atoms with Crippen molar-refractivity contribution in [3.05, 3.63) is 39.9 Å². The van der Waals surface area contributed by atoms with Gasteiger partial charge in [-0.2, -0.15) is 0 Å². The van der Waals surface area contributed by atoms with Crippen LogP contribution in [0.2, 0.25) is 0 Å². The predicted molar refractivity (Wildman–Crippen MR) is 75.8 cm³/mol. The zero-order chi connectivity index (χ0) is 15.4. The first-order chi connectivity index (χ1) is 9.97. The van der Waals surface area contributed by atoms with E-state index in [0.717, 1.165) is 12.8 Å². The van der Waals surface area contributed by atoms with E-state index in [1.165, 1.54) is 31.2 Å². The Labute approximate surface area is 122 Å². The van der Waals surface area contributed by atoms with Gasteiger partial charge in [0.1, 0.15) is 0 Å². The maximum Gasteiger partial charge on any atom is 0.269 e. The summed E-state index contributed by atoms with van der Waals surface area (Å²) in [6.07, 6.45) is 1.44. The Balaban J connectivity index is 1.95. The lowest BCUT2D eigenvalue weighted by Gasteiger charge is -2.32.